The zero-order valence-corrected chi connectivity index (χ0v) is 11.5. The van der Waals surface area contributed by atoms with Crippen molar-refractivity contribution < 1.29 is 13.5 Å². The zero-order valence-electron chi connectivity index (χ0n) is 9.87. The van der Waals surface area contributed by atoms with Crippen molar-refractivity contribution in [3.63, 3.8) is 0 Å². The second kappa shape index (κ2) is 7.41. The van der Waals surface area contributed by atoms with Gasteiger partial charge in [0.05, 0.1) is 22.3 Å². The molecule has 0 spiro atoms. The highest BCUT2D eigenvalue weighted by atomic mass is 32.2. The molecule has 1 aromatic carbocycles. The first-order valence-electron chi connectivity index (χ1n) is 5.51. The Balaban J connectivity index is 2.55. The van der Waals surface area contributed by atoms with E-state index in [4.69, 9.17) is 10.4 Å². The van der Waals surface area contributed by atoms with E-state index in [1.54, 1.807) is 0 Å². The lowest BCUT2D eigenvalue weighted by Crippen LogP contribution is -2.09. The van der Waals surface area contributed by atoms with Gasteiger partial charge in [0.25, 0.3) is 0 Å². The van der Waals surface area contributed by atoms with Crippen LogP contribution in [0.25, 0.3) is 0 Å². The lowest BCUT2D eigenvalue weighted by atomic mass is 10.2. The van der Waals surface area contributed by atoms with Gasteiger partial charge in [-0.1, -0.05) is 0 Å². The third-order valence-electron chi connectivity index (χ3n) is 2.29. The van der Waals surface area contributed by atoms with Gasteiger partial charge in [-0.15, -0.1) is 0 Å². The Bertz CT molecular complexity index is 503. The maximum absolute atomic E-state index is 11.9. The predicted molar refractivity (Wildman–Crippen MR) is 72.2 cm³/mol. The Morgan fingerprint density at radius 3 is 2.44 bits per heavy atom. The average Bonchev–Trinajstić information content (AvgIpc) is 2.38. The van der Waals surface area contributed by atoms with Crippen molar-refractivity contribution >= 4 is 21.6 Å². The topological polar surface area (TPSA) is 78.2 Å². The van der Waals surface area contributed by atoms with Gasteiger partial charge in [-0.3, -0.25) is 0 Å². The highest BCUT2D eigenvalue weighted by molar-refractivity contribution is 8.00. The van der Waals surface area contributed by atoms with Crippen LogP contribution in [0.3, 0.4) is 0 Å². The molecular weight excluding hydrogens is 270 g/mol. The number of rotatable bonds is 7. The fraction of sp³-hybridized carbons (Fsp3) is 0.417. The van der Waals surface area contributed by atoms with E-state index in [9.17, 15) is 8.42 Å². The van der Waals surface area contributed by atoms with Gasteiger partial charge in [-0.05, 0) is 36.4 Å². The second-order valence-corrected chi connectivity index (χ2v) is 6.98. The molecule has 0 aliphatic heterocycles. The monoisotopic (exact) mass is 285 g/mol. The van der Waals surface area contributed by atoms with Gasteiger partial charge in [-0.25, -0.2) is 8.42 Å². The van der Waals surface area contributed by atoms with Gasteiger partial charge >= 0.3 is 0 Å². The minimum Gasteiger partial charge on any atom is -0.396 e. The Hall–Kier alpha value is -1.03. The molecule has 4 nitrogen and oxygen atoms in total. The van der Waals surface area contributed by atoms with E-state index >= 15 is 0 Å². The van der Waals surface area contributed by atoms with Crippen LogP contribution >= 0.6 is 11.8 Å². The molecule has 0 amide bonds. The highest BCUT2D eigenvalue weighted by Crippen LogP contribution is 2.14. The third kappa shape index (κ3) is 4.69. The number of hydrogen-bond acceptors (Lipinski definition) is 5. The summed E-state index contributed by atoms with van der Waals surface area (Å²) in [7, 11) is -3.27. The molecule has 0 bridgehead atoms. The zero-order chi connectivity index (χ0) is 13.4. The summed E-state index contributed by atoms with van der Waals surface area (Å²) in [6.45, 7) is 0.134. The van der Waals surface area contributed by atoms with Crippen LogP contribution < -0.4 is 0 Å². The highest BCUT2D eigenvalue weighted by Gasteiger charge is 2.13. The molecule has 6 heteroatoms. The van der Waals surface area contributed by atoms with Crippen LogP contribution in [0.5, 0.6) is 0 Å². The molecule has 1 rings (SSSR count). The largest absolute Gasteiger partial charge is 0.396 e. The van der Waals surface area contributed by atoms with E-state index in [0.29, 0.717) is 17.7 Å². The van der Waals surface area contributed by atoms with Crippen LogP contribution in [0.2, 0.25) is 0 Å². The number of aliphatic hydroxyl groups is 1. The maximum Gasteiger partial charge on any atom is 0.179 e. The molecule has 0 aliphatic rings. The number of benzene rings is 1. The van der Waals surface area contributed by atoms with Gasteiger partial charge < -0.3 is 5.11 Å². The van der Waals surface area contributed by atoms with E-state index in [1.165, 1.54) is 36.0 Å². The van der Waals surface area contributed by atoms with Crippen LogP contribution in [0.1, 0.15) is 12.0 Å². The van der Waals surface area contributed by atoms with Gasteiger partial charge in [0, 0.05) is 12.4 Å². The molecule has 0 saturated carbocycles. The van der Waals surface area contributed by atoms with Crippen LogP contribution in [-0.2, 0) is 9.84 Å². The standard InChI is InChI=1S/C12H15NO3S2/c13-10-11-2-4-12(5-3-11)18(15,16)9-8-17-7-1-6-14/h2-5,14H,1,6-9H2. The van der Waals surface area contributed by atoms with Crippen molar-refractivity contribution in [2.24, 2.45) is 0 Å². The van der Waals surface area contributed by atoms with E-state index in [1.807, 2.05) is 6.07 Å². The van der Waals surface area contributed by atoms with Crippen molar-refractivity contribution in [1.29, 1.82) is 5.26 Å². The van der Waals surface area contributed by atoms with Gasteiger partial charge in [0.15, 0.2) is 9.84 Å². The molecule has 0 heterocycles. The van der Waals surface area contributed by atoms with E-state index < -0.39 is 9.84 Å². The fourth-order valence-electron chi connectivity index (χ4n) is 1.29. The molecule has 0 aliphatic carbocycles. The summed E-state index contributed by atoms with van der Waals surface area (Å²) in [4.78, 5) is 0.254. The molecule has 0 unspecified atom stereocenters. The summed E-state index contributed by atoms with van der Waals surface area (Å²) in [6.07, 6.45) is 0.682. The first-order chi connectivity index (χ1) is 8.60. The molecule has 0 saturated heterocycles. The number of nitrogens with zero attached hydrogens (tertiary/aromatic N) is 1. The molecule has 98 valence electrons. The SMILES string of the molecule is N#Cc1ccc(S(=O)(=O)CCSCCCO)cc1. The molecule has 0 aromatic heterocycles. The van der Waals surface area contributed by atoms with E-state index in [0.717, 1.165) is 5.75 Å². The minimum absolute atomic E-state index is 0.0784. The molecule has 18 heavy (non-hydrogen) atoms. The molecule has 1 N–H and O–H groups in total. The van der Waals surface area contributed by atoms with Crippen molar-refractivity contribution in [3.05, 3.63) is 29.8 Å². The van der Waals surface area contributed by atoms with Gasteiger partial charge in [0.2, 0.25) is 0 Å². The Kier molecular flexibility index (Phi) is 6.19. The summed E-state index contributed by atoms with van der Waals surface area (Å²) >= 11 is 1.52. The number of thioether (sulfide) groups is 1. The second-order valence-electron chi connectivity index (χ2n) is 3.64. The van der Waals surface area contributed by atoms with E-state index in [-0.39, 0.29) is 17.3 Å². The lowest BCUT2D eigenvalue weighted by Gasteiger charge is -2.04. The van der Waals surface area contributed by atoms with Crippen molar-refractivity contribution in [2.45, 2.75) is 11.3 Å². The molecule has 0 radical (unpaired) electrons. The summed E-state index contributed by atoms with van der Waals surface area (Å²) in [5.41, 5.74) is 0.450. The smallest absolute Gasteiger partial charge is 0.179 e. The van der Waals surface area contributed by atoms with Crippen LogP contribution in [0, 0.1) is 11.3 Å². The molecular formula is C12H15NO3S2. The lowest BCUT2D eigenvalue weighted by molar-refractivity contribution is 0.296. The first kappa shape index (κ1) is 15.0. The fourth-order valence-corrected chi connectivity index (χ4v) is 3.96. The quantitative estimate of drug-likeness (QED) is 0.767. The van der Waals surface area contributed by atoms with Gasteiger partial charge in [0.1, 0.15) is 0 Å². The number of sulfone groups is 1. The van der Waals surface area contributed by atoms with Crippen molar-refractivity contribution in [1.82, 2.24) is 0 Å². The average molecular weight is 285 g/mol. The molecule has 1 aromatic rings. The summed E-state index contributed by atoms with van der Waals surface area (Å²) in [5, 5.41) is 17.2. The number of nitriles is 1. The van der Waals surface area contributed by atoms with Crippen LogP contribution in [0.15, 0.2) is 29.2 Å². The first-order valence-corrected chi connectivity index (χ1v) is 8.32. The van der Waals surface area contributed by atoms with Gasteiger partial charge in [-0.2, -0.15) is 17.0 Å². The van der Waals surface area contributed by atoms with E-state index in [2.05, 4.69) is 0 Å². The Morgan fingerprint density at radius 2 is 1.89 bits per heavy atom. The predicted octanol–water partition coefficient (Wildman–Crippen LogP) is 1.45. The summed E-state index contributed by atoms with van der Waals surface area (Å²) in [5.74, 6) is 1.36. The summed E-state index contributed by atoms with van der Waals surface area (Å²) in [6, 6.07) is 7.89. The Labute approximate surface area is 112 Å². The Morgan fingerprint density at radius 1 is 1.22 bits per heavy atom. The third-order valence-corrected chi connectivity index (χ3v) is 5.35. The minimum atomic E-state index is -3.27. The van der Waals surface area contributed by atoms with Crippen molar-refractivity contribution in [3.8, 4) is 6.07 Å². The molecule has 0 atom stereocenters. The number of hydrogen-bond donors (Lipinski definition) is 1. The number of aliphatic hydroxyl groups excluding tert-OH is 1. The summed E-state index contributed by atoms with van der Waals surface area (Å²) < 4.78 is 23.8. The molecule has 0 fully saturated rings. The maximum atomic E-state index is 11.9. The van der Waals surface area contributed by atoms with Crippen molar-refractivity contribution in [2.75, 3.05) is 23.9 Å². The van der Waals surface area contributed by atoms with Crippen LogP contribution in [-0.4, -0.2) is 37.4 Å². The normalized spacial score (nSPS) is 11.1. The van der Waals surface area contributed by atoms with Crippen LogP contribution in [0.4, 0.5) is 0 Å².